The van der Waals surface area contributed by atoms with Gasteiger partial charge in [0, 0.05) is 31.0 Å². The number of allylic oxidation sites excluding steroid dienone is 2. The van der Waals surface area contributed by atoms with Gasteiger partial charge in [0.15, 0.2) is 5.11 Å². The van der Waals surface area contributed by atoms with E-state index in [1.807, 2.05) is 49.1 Å². The molecule has 0 aromatic heterocycles. The molecule has 222 valence electrons. The van der Waals surface area contributed by atoms with E-state index in [4.69, 9.17) is 12.2 Å². The van der Waals surface area contributed by atoms with E-state index in [-0.39, 0.29) is 17.2 Å². The summed E-state index contributed by atoms with van der Waals surface area (Å²) in [5.41, 5.74) is 3.66. The van der Waals surface area contributed by atoms with Gasteiger partial charge >= 0.3 is 0 Å². The van der Waals surface area contributed by atoms with Crippen LogP contribution < -0.4 is 9.62 Å². The standard InChI is InChI=1S/C32H32N4O4S3/c1-3-34-26(31(38)35(4-2)32(34)41)18-20-30-36(21-11-16-29(37)33-43(39,40)25-14-9-6-10-15-25)27-22-24(17-19-28(27)42-30)23-12-7-5-8-13-23/h5-10,12-15,17-20,22H,3-4,11,16,21H2,1-2H3,(H,33,37)/b26-18+,30-20+. The highest BCUT2D eigenvalue weighted by Gasteiger charge is 2.36. The Labute approximate surface area is 262 Å². The molecule has 1 fully saturated rings. The molecular formula is C32H32N4O4S3. The fourth-order valence-corrected chi connectivity index (χ4v) is 7.55. The van der Waals surface area contributed by atoms with E-state index < -0.39 is 15.9 Å². The number of hydrogen-bond acceptors (Lipinski definition) is 7. The Hall–Kier alpha value is -3.93. The Morgan fingerprint density at radius 2 is 1.56 bits per heavy atom. The lowest BCUT2D eigenvalue weighted by Gasteiger charge is -2.21. The van der Waals surface area contributed by atoms with Crippen molar-refractivity contribution in [3.05, 3.63) is 102 Å². The highest BCUT2D eigenvalue weighted by atomic mass is 32.2. The first-order valence-electron chi connectivity index (χ1n) is 14.0. The molecule has 0 aliphatic carbocycles. The molecule has 1 saturated heterocycles. The number of fused-ring (bicyclic) bond motifs is 1. The van der Waals surface area contributed by atoms with Crippen LogP contribution >= 0.6 is 24.0 Å². The van der Waals surface area contributed by atoms with E-state index in [1.165, 1.54) is 12.1 Å². The summed E-state index contributed by atoms with van der Waals surface area (Å²) >= 11 is 7.11. The topological polar surface area (TPSA) is 90.0 Å². The number of nitrogens with one attached hydrogen (secondary N) is 1. The number of sulfonamides is 1. The highest BCUT2D eigenvalue weighted by molar-refractivity contribution is 8.03. The van der Waals surface area contributed by atoms with E-state index in [9.17, 15) is 18.0 Å². The second-order valence-corrected chi connectivity index (χ2v) is 13.0. The van der Waals surface area contributed by atoms with E-state index in [2.05, 4.69) is 40.0 Å². The minimum Gasteiger partial charge on any atom is -0.335 e. The van der Waals surface area contributed by atoms with Crippen molar-refractivity contribution in [2.45, 2.75) is 36.5 Å². The first-order chi connectivity index (χ1) is 20.7. The molecule has 0 radical (unpaired) electrons. The van der Waals surface area contributed by atoms with Crippen LogP contribution in [0.1, 0.15) is 26.7 Å². The summed E-state index contributed by atoms with van der Waals surface area (Å²) in [7, 11) is -3.93. The Morgan fingerprint density at radius 1 is 0.884 bits per heavy atom. The fourth-order valence-electron chi connectivity index (χ4n) is 5.01. The summed E-state index contributed by atoms with van der Waals surface area (Å²) in [4.78, 5) is 32.4. The van der Waals surface area contributed by atoms with Crippen LogP contribution in [0.3, 0.4) is 0 Å². The van der Waals surface area contributed by atoms with Crippen molar-refractivity contribution >= 4 is 56.6 Å². The van der Waals surface area contributed by atoms with E-state index in [0.717, 1.165) is 26.7 Å². The van der Waals surface area contributed by atoms with Gasteiger partial charge in [-0.25, -0.2) is 13.1 Å². The molecular weight excluding hydrogens is 601 g/mol. The molecule has 11 heteroatoms. The Bertz CT molecular complexity index is 1710. The smallest absolute Gasteiger partial charge is 0.276 e. The number of carbonyl (C=O) groups is 2. The fraction of sp³-hybridized carbons (Fsp3) is 0.219. The predicted molar refractivity (Wildman–Crippen MR) is 175 cm³/mol. The number of thioether (sulfide) groups is 1. The number of amides is 2. The van der Waals surface area contributed by atoms with Crippen molar-refractivity contribution in [1.29, 1.82) is 0 Å². The number of hydrogen-bond donors (Lipinski definition) is 1. The monoisotopic (exact) mass is 632 g/mol. The summed E-state index contributed by atoms with van der Waals surface area (Å²) < 4.78 is 27.4. The molecule has 0 bridgehead atoms. The third-order valence-corrected chi connectivity index (χ3v) is 10.1. The molecule has 3 aromatic carbocycles. The zero-order chi connectivity index (χ0) is 30.6. The van der Waals surface area contributed by atoms with Crippen molar-refractivity contribution in [2.24, 2.45) is 0 Å². The second kappa shape index (κ2) is 13.2. The molecule has 2 heterocycles. The van der Waals surface area contributed by atoms with Crippen LogP contribution in [-0.4, -0.2) is 54.8 Å². The number of anilines is 1. The summed E-state index contributed by atoms with van der Waals surface area (Å²) in [6, 6.07) is 24.2. The van der Waals surface area contributed by atoms with Gasteiger partial charge in [0.1, 0.15) is 5.70 Å². The zero-order valence-corrected chi connectivity index (χ0v) is 26.3. The third kappa shape index (κ3) is 6.53. The van der Waals surface area contributed by atoms with Crippen LogP contribution in [0.5, 0.6) is 0 Å². The first kappa shape index (κ1) is 30.5. The lowest BCUT2D eigenvalue weighted by Crippen LogP contribution is -2.32. The van der Waals surface area contributed by atoms with Crippen molar-refractivity contribution in [3.8, 4) is 11.1 Å². The van der Waals surface area contributed by atoms with Crippen LogP contribution in [0, 0.1) is 0 Å². The SMILES string of the molecule is CCN1C(=O)/C(=C\C=C2\Sc3ccc(-c4ccccc4)cc3N2CCCC(=O)NS(=O)(=O)c2ccccc2)N(CC)C1=S. The Kier molecular flexibility index (Phi) is 9.34. The number of likely N-dealkylation sites (N-methyl/N-ethyl adjacent to an activating group) is 2. The number of carbonyl (C=O) groups excluding carboxylic acids is 2. The number of benzene rings is 3. The van der Waals surface area contributed by atoms with Gasteiger partial charge in [0.25, 0.3) is 15.9 Å². The van der Waals surface area contributed by atoms with Crippen LogP contribution in [0.2, 0.25) is 0 Å². The molecule has 0 spiro atoms. The lowest BCUT2D eigenvalue weighted by molar-refractivity contribution is -0.122. The molecule has 0 unspecified atom stereocenters. The molecule has 1 N–H and O–H groups in total. The number of nitrogens with zero attached hydrogens (tertiary/aromatic N) is 3. The quantitative estimate of drug-likeness (QED) is 0.224. The number of thiocarbonyl (C=S) groups is 1. The summed E-state index contributed by atoms with van der Waals surface area (Å²) in [5, 5.41) is 1.40. The van der Waals surface area contributed by atoms with Gasteiger partial charge in [-0.15, -0.1) is 0 Å². The highest BCUT2D eigenvalue weighted by Crippen LogP contribution is 2.47. The summed E-state index contributed by atoms with van der Waals surface area (Å²) in [6.45, 7) is 5.40. The molecule has 0 atom stereocenters. The Balaban J connectivity index is 1.39. The lowest BCUT2D eigenvalue weighted by atomic mass is 10.0. The molecule has 5 rings (SSSR count). The molecule has 2 amide bonds. The average molecular weight is 633 g/mol. The van der Waals surface area contributed by atoms with Gasteiger partial charge < -0.3 is 9.80 Å². The van der Waals surface area contributed by atoms with E-state index >= 15 is 0 Å². The van der Waals surface area contributed by atoms with E-state index in [1.54, 1.807) is 34.9 Å². The molecule has 8 nitrogen and oxygen atoms in total. The predicted octanol–water partition coefficient (Wildman–Crippen LogP) is 5.75. The molecule has 2 aliphatic heterocycles. The van der Waals surface area contributed by atoms with Gasteiger partial charge in [-0.2, -0.15) is 0 Å². The second-order valence-electron chi connectivity index (χ2n) is 9.88. The maximum absolute atomic E-state index is 13.1. The van der Waals surface area contributed by atoms with Gasteiger partial charge in [-0.05, 0) is 80.0 Å². The molecule has 3 aromatic rings. The van der Waals surface area contributed by atoms with Gasteiger partial charge in [0.05, 0.1) is 15.6 Å². The molecule has 43 heavy (non-hydrogen) atoms. The van der Waals surface area contributed by atoms with Crippen LogP contribution in [0.4, 0.5) is 5.69 Å². The normalized spacial score (nSPS) is 16.8. The third-order valence-electron chi connectivity index (χ3n) is 7.16. The van der Waals surface area contributed by atoms with E-state index in [0.29, 0.717) is 36.9 Å². The summed E-state index contributed by atoms with van der Waals surface area (Å²) in [6.07, 6.45) is 4.17. The van der Waals surface area contributed by atoms with Crippen molar-refractivity contribution in [3.63, 3.8) is 0 Å². The minimum absolute atomic E-state index is 0.0249. The van der Waals surface area contributed by atoms with Crippen LogP contribution in [0.25, 0.3) is 11.1 Å². The first-order valence-corrected chi connectivity index (χ1v) is 16.7. The van der Waals surface area contributed by atoms with Gasteiger partial charge in [-0.3, -0.25) is 14.5 Å². The maximum atomic E-state index is 13.1. The van der Waals surface area contributed by atoms with Crippen LogP contribution in [-0.2, 0) is 19.6 Å². The molecule has 2 aliphatic rings. The van der Waals surface area contributed by atoms with Gasteiger partial charge in [-0.1, -0.05) is 66.4 Å². The minimum atomic E-state index is -3.93. The van der Waals surface area contributed by atoms with Crippen molar-refractivity contribution < 1.29 is 18.0 Å². The zero-order valence-electron chi connectivity index (χ0n) is 23.9. The summed E-state index contributed by atoms with van der Waals surface area (Å²) in [5.74, 6) is -0.689. The average Bonchev–Trinajstić information content (AvgIpc) is 3.48. The largest absolute Gasteiger partial charge is 0.335 e. The van der Waals surface area contributed by atoms with Gasteiger partial charge in [0.2, 0.25) is 5.91 Å². The maximum Gasteiger partial charge on any atom is 0.276 e. The van der Waals surface area contributed by atoms with Crippen LogP contribution in [0.15, 0.2) is 112 Å². The van der Waals surface area contributed by atoms with Crippen molar-refractivity contribution in [2.75, 3.05) is 24.5 Å². The molecule has 0 saturated carbocycles. The number of rotatable bonds is 10. The van der Waals surface area contributed by atoms with Crippen molar-refractivity contribution in [1.82, 2.24) is 14.5 Å². The Morgan fingerprint density at radius 3 is 2.23 bits per heavy atom.